The maximum Gasteiger partial charge on any atom is 0.311 e. The van der Waals surface area contributed by atoms with Gasteiger partial charge in [0.05, 0.1) is 25.8 Å². The molecule has 2 amide bonds. The zero-order valence-corrected chi connectivity index (χ0v) is 18.4. The number of rotatable bonds is 7. The van der Waals surface area contributed by atoms with Crippen LogP contribution in [0.1, 0.15) is 6.42 Å². The van der Waals surface area contributed by atoms with E-state index in [1.807, 2.05) is 36.4 Å². The predicted molar refractivity (Wildman–Crippen MR) is 124 cm³/mol. The van der Waals surface area contributed by atoms with Crippen molar-refractivity contribution in [2.24, 2.45) is 5.92 Å². The number of esters is 1. The highest BCUT2D eigenvalue weighted by Crippen LogP contribution is 2.36. The third kappa shape index (κ3) is 4.74. The Hall–Kier alpha value is -4.07. The molecule has 1 saturated heterocycles. The third-order valence-corrected chi connectivity index (χ3v) is 5.54. The predicted octanol–water partition coefficient (Wildman–Crippen LogP) is 3.39. The number of benzene rings is 3. The van der Waals surface area contributed by atoms with Gasteiger partial charge in [0.2, 0.25) is 5.91 Å². The summed E-state index contributed by atoms with van der Waals surface area (Å²) in [6.45, 7) is -0.304. The van der Waals surface area contributed by atoms with Gasteiger partial charge in [-0.05, 0) is 23.6 Å². The van der Waals surface area contributed by atoms with Gasteiger partial charge < -0.3 is 24.4 Å². The van der Waals surface area contributed by atoms with Crippen LogP contribution in [0.3, 0.4) is 0 Å². The number of nitrogens with one attached hydrogen (secondary N) is 1. The number of ether oxygens (including phenoxy) is 3. The van der Waals surface area contributed by atoms with Crippen LogP contribution in [0, 0.1) is 5.92 Å². The molecule has 170 valence electrons. The van der Waals surface area contributed by atoms with Gasteiger partial charge in [-0.3, -0.25) is 14.4 Å². The van der Waals surface area contributed by atoms with E-state index >= 15 is 0 Å². The fraction of sp³-hybridized carbons (Fsp3) is 0.240. The summed E-state index contributed by atoms with van der Waals surface area (Å²) in [7, 11) is 3.03. The number of anilines is 2. The first kappa shape index (κ1) is 22.1. The number of hydrogen-bond donors (Lipinski definition) is 1. The van der Waals surface area contributed by atoms with Crippen molar-refractivity contribution in [1.82, 2.24) is 0 Å². The van der Waals surface area contributed by atoms with Crippen LogP contribution in [0.2, 0.25) is 0 Å². The number of carbonyl (C=O) groups excluding carboxylic acids is 3. The lowest BCUT2D eigenvalue weighted by molar-refractivity contribution is -0.151. The van der Waals surface area contributed by atoms with Gasteiger partial charge in [0.15, 0.2) is 6.61 Å². The van der Waals surface area contributed by atoms with E-state index in [1.165, 1.54) is 19.1 Å². The Kier molecular flexibility index (Phi) is 6.44. The molecule has 3 aromatic rings. The van der Waals surface area contributed by atoms with Crippen molar-refractivity contribution in [3.05, 3.63) is 60.7 Å². The second kappa shape index (κ2) is 9.60. The minimum absolute atomic E-state index is 0.00978. The minimum Gasteiger partial charge on any atom is -0.497 e. The summed E-state index contributed by atoms with van der Waals surface area (Å²) < 4.78 is 15.8. The molecule has 0 saturated carbocycles. The first-order valence-electron chi connectivity index (χ1n) is 10.5. The van der Waals surface area contributed by atoms with E-state index in [-0.39, 0.29) is 18.9 Å². The lowest BCUT2D eigenvalue weighted by atomic mass is 10.1. The van der Waals surface area contributed by atoms with Crippen LogP contribution in [0.5, 0.6) is 11.5 Å². The van der Waals surface area contributed by atoms with Crippen molar-refractivity contribution in [2.75, 3.05) is 37.6 Å². The van der Waals surface area contributed by atoms with Crippen LogP contribution in [0.25, 0.3) is 10.8 Å². The largest absolute Gasteiger partial charge is 0.497 e. The minimum atomic E-state index is -0.682. The molecule has 0 aromatic heterocycles. The van der Waals surface area contributed by atoms with Crippen LogP contribution >= 0.6 is 0 Å². The molecule has 0 aliphatic carbocycles. The van der Waals surface area contributed by atoms with Gasteiger partial charge in [-0.2, -0.15) is 0 Å². The van der Waals surface area contributed by atoms with Gasteiger partial charge in [0.1, 0.15) is 11.5 Å². The second-order valence-electron chi connectivity index (χ2n) is 7.63. The maximum atomic E-state index is 12.6. The molecule has 1 aliphatic rings. The molecule has 1 atom stereocenters. The van der Waals surface area contributed by atoms with E-state index in [4.69, 9.17) is 14.2 Å². The molecule has 0 spiro atoms. The summed E-state index contributed by atoms with van der Waals surface area (Å²) >= 11 is 0. The van der Waals surface area contributed by atoms with E-state index in [0.29, 0.717) is 22.9 Å². The highest BCUT2D eigenvalue weighted by Gasteiger charge is 2.37. The van der Waals surface area contributed by atoms with E-state index in [2.05, 4.69) is 5.32 Å². The molecule has 8 heteroatoms. The summed E-state index contributed by atoms with van der Waals surface area (Å²) in [6.07, 6.45) is -0.00978. The van der Waals surface area contributed by atoms with Crippen molar-refractivity contribution < 1.29 is 28.6 Å². The van der Waals surface area contributed by atoms with Crippen molar-refractivity contribution >= 4 is 39.9 Å². The summed E-state index contributed by atoms with van der Waals surface area (Å²) in [5.74, 6) is -0.902. The molecule has 1 fully saturated rings. The third-order valence-electron chi connectivity index (χ3n) is 5.54. The molecular formula is C25H24N2O6. The Labute approximate surface area is 191 Å². The molecule has 8 nitrogen and oxygen atoms in total. The molecule has 1 aliphatic heterocycles. The van der Waals surface area contributed by atoms with E-state index in [1.54, 1.807) is 24.3 Å². The molecule has 0 bridgehead atoms. The number of fused-ring (bicyclic) bond motifs is 1. The fourth-order valence-electron chi connectivity index (χ4n) is 3.88. The number of amides is 2. The first-order chi connectivity index (χ1) is 16.0. The average Bonchev–Trinajstić information content (AvgIpc) is 3.23. The summed E-state index contributed by atoms with van der Waals surface area (Å²) in [6, 6.07) is 18.3. The Balaban J connectivity index is 1.38. The van der Waals surface area contributed by atoms with Crippen LogP contribution in [-0.4, -0.2) is 45.2 Å². The SMILES string of the molecule is COc1ccc(OC)c(N2C[C@@H](C(=O)OCC(=O)Nc3cccc4ccccc34)CC2=O)c1. The van der Waals surface area contributed by atoms with Gasteiger partial charge in [0.25, 0.3) is 5.91 Å². The molecule has 33 heavy (non-hydrogen) atoms. The Morgan fingerprint density at radius 3 is 2.61 bits per heavy atom. The lowest BCUT2D eigenvalue weighted by Gasteiger charge is -2.20. The summed E-state index contributed by atoms with van der Waals surface area (Å²) in [5, 5.41) is 4.66. The van der Waals surface area contributed by atoms with Crippen LogP contribution < -0.4 is 19.7 Å². The molecular weight excluding hydrogens is 424 g/mol. The van der Waals surface area contributed by atoms with Crippen molar-refractivity contribution in [3.8, 4) is 11.5 Å². The standard InChI is InChI=1S/C25H24N2O6/c1-31-18-10-11-22(32-2)21(13-18)27-14-17(12-24(27)29)25(30)33-15-23(28)26-20-9-5-7-16-6-3-4-8-19(16)20/h3-11,13,17H,12,14-15H2,1-2H3,(H,26,28)/t17-/m0/s1. The number of methoxy groups -OCH3 is 2. The van der Waals surface area contributed by atoms with E-state index in [9.17, 15) is 14.4 Å². The number of hydrogen-bond acceptors (Lipinski definition) is 6. The molecule has 3 aromatic carbocycles. The molecule has 1 N–H and O–H groups in total. The second-order valence-corrected chi connectivity index (χ2v) is 7.63. The molecule has 0 unspecified atom stereocenters. The Morgan fingerprint density at radius 2 is 1.82 bits per heavy atom. The average molecular weight is 448 g/mol. The van der Waals surface area contributed by atoms with Crippen molar-refractivity contribution in [3.63, 3.8) is 0 Å². The quantitative estimate of drug-likeness (QED) is 0.557. The zero-order chi connectivity index (χ0) is 23.4. The topological polar surface area (TPSA) is 94.2 Å². The van der Waals surface area contributed by atoms with Crippen LogP contribution in [-0.2, 0) is 19.1 Å². The fourth-order valence-corrected chi connectivity index (χ4v) is 3.88. The molecule has 4 rings (SSSR count). The lowest BCUT2D eigenvalue weighted by Crippen LogP contribution is -2.28. The number of nitrogens with zero attached hydrogens (tertiary/aromatic N) is 1. The van der Waals surface area contributed by atoms with Crippen LogP contribution in [0.15, 0.2) is 60.7 Å². The Morgan fingerprint density at radius 1 is 1.03 bits per heavy atom. The molecule has 0 radical (unpaired) electrons. The van der Waals surface area contributed by atoms with Gasteiger partial charge in [0, 0.05) is 30.1 Å². The normalized spacial score (nSPS) is 15.4. The van der Waals surface area contributed by atoms with Crippen molar-refractivity contribution in [2.45, 2.75) is 6.42 Å². The highest BCUT2D eigenvalue weighted by molar-refractivity contribution is 6.03. The summed E-state index contributed by atoms with van der Waals surface area (Å²) in [5.41, 5.74) is 1.16. The van der Waals surface area contributed by atoms with Gasteiger partial charge in [-0.1, -0.05) is 36.4 Å². The number of carbonyl (C=O) groups is 3. The summed E-state index contributed by atoms with van der Waals surface area (Å²) in [4.78, 5) is 39.0. The van der Waals surface area contributed by atoms with Crippen molar-refractivity contribution in [1.29, 1.82) is 0 Å². The van der Waals surface area contributed by atoms with Gasteiger partial charge in [-0.25, -0.2) is 0 Å². The van der Waals surface area contributed by atoms with Crippen LogP contribution in [0.4, 0.5) is 11.4 Å². The van der Waals surface area contributed by atoms with Gasteiger partial charge in [-0.15, -0.1) is 0 Å². The molecule has 1 heterocycles. The highest BCUT2D eigenvalue weighted by atomic mass is 16.5. The maximum absolute atomic E-state index is 12.6. The zero-order valence-electron chi connectivity index (χ0n) is 18.4. The monoisotopic (exact) mass is 448 g/mol. The Bertz CT molecular complexity index is 1200. The van der Waals surface area contributed by atoms with E-state index in [0.717, 1.165) is 10.8 Å². The van der Waals surface area contributed by atoms with E-state index < -0.39 is 24.4 Å². The van der Waals surface area contributed by atoms with Gasteiger partial charge >= 0.3 is 5.97 Å². The smallest absolute Gasteiger partial charge is 0.311 e. The first-order valence-corrected chi connectivity index (χ1v) is 10.5.